The Morgan fingerprint density at radius 3 is 1.08 bits per heavy atom. The molecule has 0 heterocycles. The lowest BCUT2D eigenvalue weighted by atomic mass is 9.86. The molecule has 0 saturated carbocycles. The van der Waals surface area contributed by atoms with Gasteiger partial charge in [-0.15, -0.1) is 0 Å². The van der Waals surface area contributed by atoms with Crippen molar-refractivity contribution in [3.05, 3.63) is 76.8 Å². The van der Waals surface area contributed by atoms with Gasteiger partial charge in [-0.25, -0.2) is 4.58 Å². The zero-order chi connectivity index (χ0) is 37.6. The van der Waals surface area contributed by atoms with Crippen LogP contribution < -0.4 is 18.9 Å². The Morgan fingerprint density at radius 1 is 0.442 bits per heavy atom. The summed E-state index contributed by atoms with van der Waals surface area (Å²) in [4.78, 5) is 0. The molecule has 1 aliphatic carbocycles. The third-order valence-corrected chi connectivity index (χ3v) is 10.0. The summed E-state index contributed by atoms with van der Waals surface area (Å²) in [7, 11) is 10.1. The fourth-order valence-electron chi connectivity index (χ4n) is 7.14. The van der Waals surface area contributed by atoms with E-state index < -0.39 is 0 Å². The second-order valence-electron chi connectivity index (χ2n) is 13.6. The molecule has 288 valence electrons. The van der Waals surface area contributed by atoms with E-state index in [1.165, 1.54) is 89.9 Å². The number of hydrogen-bond acceptors (Lipinski definition) is 6. The van der Waals surface area contributed by atoms with Crippen LogP contribution >= 0.6 is 0 Å². The number of unbranched alkanes of at least 4 members (excludes halogenated alkanes) is 14. The van der Waals surface area contributed by atoms with Gasteiger partial charge in [0, 0.05) is 18.4 Å². The van der Waals surface area contributed by atoms with Crippen molar-refractivity contribution >= 4 is 11.3 Å². The van der Waals surface area contributed by atoms with E-state index in [1.54, 1.807) is 42.7 Å². The molecule has 0 bridgehead atoms. The Hall–Kier alpha value is -3.87. The van der Waals surface area contributed by atoms with Crippen molar-refractivity contribution in [1.29, 1.82) is 0 Å². The minimum Gasteiger partial charge on any atom is -0.496 e. The van der Waals surface area contributed by atoms with Crippen LogP contribution in [0.5, 0.6) is 23.0 Å². The molecular formula is C45H68NO6+. The summed E-state index contributed by atoms with van der Waals surface area (Å²) in [5.41, 5.74) is 4.12. The third kappa shape index (κ3) is 12.1. The average molecular weight is 719 g/mol. The van der Waals surface area contributed by atoms with E-state index in [0.717, 1.165) is 53.9 Å². The zero-order valence-corrected chi connectivity index (χ0v) is 33.7. The predicted octanol–water partition coefficient (Wildman–Crippen LogP) is 11.3. The number of hydrogen-bond donors (Lipinski definition) is 0. The van der Waals surface area contributed by atoms with Crippen LogP contribution in [-0.2, 0) is 9.47 Å². The molecule has 0 aliphatic heterocycles. The van der Waals surface area contributed by atoms with Gasteiger partial charge in [-0.2, -0.15) is 0 Å². The lowest BCUT2D eigenvalue weighted by molar-refractivity contribution is -0.527. The Morgan fingerprint density at radius 2 is 0.769 bits per heavy atom. The third-order valence-electron chi connectivity index (χ3n) is 10.0. The van der Waals surface area contributed by atoms with Gasteiger partial charge in [-0.3, -0.25) is 0 Å². The molecule has 7 nitrogen and oxygen atoms in total. The maximum absolute atomic E-state index is 6.29. The van der Waals surface area contributed by atoms with Crippen LogP contribution in [0.2, 0.25) is 0 Å². The van der Waals surface area contributed by atoms with Crippen LogP contribution in [0.15, 0.2) is 65.6 Å². The molecule has 1 aliphatic rings. The molecule has 7 heteroatoms. The smallest absolute Gasteiger partial charge is 0.207 e. The van der Waals surface area contributed by atoms with Gasteiger partial charge >= 0.3 is 0 Å². The normalized spacial score (nSPS) is 12.6. The minimum atomic E-state index is 0.640. The van der Waals surface area contributed by atoms with E-state index in [9.17, 15) is 0 Å². The second-order valence-corrected chi connectivity index (χ2v) is 13.6. The Labute approximate surface area is 315 Å². The first-order chi connectivity index (χ1) is 25.5. The van der Waals surface area contributed by atoms with Crippen molar-refractivity contribution in [2.75, 3.05) is 55.7 Å². The zero-order valence-electron chi connectivity index (χ0n) is 33.7. The van der Waals surface area contributed by atoms with E-state index in [0.29, 0.717) is 34.5 Å². The lowest BCUT2D eigenvalue weighted by Gasteiger charge is -2.26. The minimum absolute atomic E-state index is 0.640. The summed E-state index contributed by atoms with van der Waals surface area (Å²) in [6, 6.07) is 11.6. The Balaban J connectivity index is 2.16. The lowest BCUT2D eigenvalue weighted by Crippen LogP contribution is -2.25. The fraction of sp³-hybridized carbons (Fsp3) is 0.578. The van der Waals surface area contributed by atoms with Crippen molar-refractivity contribution in [3.63, 3.8) is 0 Å². The highest BCUT2D eigenvalue weighted by Gasteiger charge is 2.33. The molecule has 2 aromatic rings. The monoisotopic (exact) mass is 719 g/mol. The van der Waals surface area contributed by atoms with E-state index in [1.807, 2.05) is 36.4 Å². The van der Waals surface area contributed by atoms with E-state index >= 15 is 0 Å². The van der Waals surface area contributed by atoms with Crippen molar-refractivity contribution < 1.29 is 33.0 Å². The largest absolute Gasteiger partial charge is 0.496 e. The van der Waals surface area contributed by atoms with Gasteiger partial charge in [0.05, 0.1) is 71.5 Å². The summed E-state index contributed by atoms with van der Waals surface area (Å²) in [5, 5.41) is 0. The molecule has 0 amide bonds. The number of nitrogens with zero attached hydrogens (tertiary/aromatic N) is 1. The summed E-state index contributed by atoms with van der Waals surface area (Å²) < 4.78 is 39.0. The molecule has 0 saturated heterocycles. The fourth-order valence-corrected chi connectivity index (χ4v) is 7.14. The molecule has 0 N–H and O–H groups in total. The van der Waals surface area contributed by atoms with Gasteiger partial charge in [-0.1, -0.05) is 103 Å². The molecular weight excluding hydrogens is 650 g/mol. The maximum Gasteiger partial charge on any atom is 0.207 e. The highest BCUT2D eigenvalue weighted by Crippen LogP contribution is 2.49. The van der Waals surface area contributed by atoms with Crippen LogP contribution in [-0.4, -0.2) is 66.0 Å². The summed E-state index contributed by atoms with van der Waals surface area (Å²) in [6.45, 7) is 6.55. The first-order valence-electron chi connectivity index (χ1n) is 19.8. The van der Waals surface area contributed by atoms with Crippen LogP contribution in [0.1, 0.15) is 128 Å². The molecule has 52 heavy (non-hydrogen) atoms. The number of rotatable bonds is 26. The van der Waals surface area contributed by atoms with E-state index in [4.69, 9.17) is 28.4 Å². The van der Waals surface area contributed by atoms with Crippen molar-refractivity contribution in [2.24, 2.45) is 0 Å². The second kappa shape index (κ2) is 24.4. The highest BCUT2D eigenvalue weighted by atomic mass is 16.5. The van der Waals surface area contributed by atoms with Crippen molar-refractivity contribution in [2.45, 2.75) is 117 Å². The first kappa shape index (κ1) is 42.5. The van der Waals surface area contributed by atoms with Crippen LogP contribution in [0, 0.1) is 0 Å². The molecule has 0 atom stereocenters. The Kier molecular flexibility index (Phi) is 20.0. The van der Waals surface area contributed by atoms with E-state index in [-0.39, 0.29) is 0 Å². The average Bonchev–Trinajstić information content (AvgIpc) is 3.18. The molecule has 2 aromatic carbocycles. The Bertz CT molecular complexity index is 1340. The van der Waals surface area contributed by atoms with Gasteiger partial charge in [0.1, 0.15) is 47.6 Å². The molecule has 0 fully saturated rings. The topological polar surface area (TPSA) is 58.4 Å². The van der Waals surface area contributed by atoms with Gasteiger partial charge < -0.3 is 28.4 Å². The molecule has 0 aromatic heterocycles. The van der Waals surface area contributed by atoms with Gasteiger partial charge in [0.2, 0.25) is 5.71 Å². The number of ether oxygens (including phenoxy) is 6. The van der Waals surface area contributed by atoms with Crippen LogP contribution in [0.25, 0.3) is 5.57 Å². The quantitative estimate of drug-likeness (QED) is 0.0713. The predicted molar refractivity (Wildman–Crippen MR) is 216 cm³/mol. The van der Waals surface area contributed by atoms with Gasteiger partial charge in [-0.05, 0) is 37.1 Å². The van der Waals surface area contributed by atoms with Crippen LogP contribution in [0.3, 0.4) is 0 Å². The van der Waals surface area contributed by atoms with Crippen molar-refractivity contribution in [3.8, 4) is 23.0 Å². The molecule has 0 unspecified atom stereocenters. The summed E-state index contributed by atoms with van der Waals surface area (Å²) >= 11 is 0. The highest BCUT2D eigenvalue weighted by molar-refractivity contribution is 6.06. The number of methoxy groups -OCH3 is 6. The number of benzene rings is 2. The number of allylic oxidation sites excluding steroid dienone is 2. The van der Waals surface area contributed by atoms with Crippen molar-refractivity contribution in [1.82, 2.24) is 0 Å². The molecule has 3 rings (SSSR count). The SMILES string of the molecule is CCCCCCCCCC[N+](CCCCCCCCCC)=C1C=C(OC)C(=C(c2c(OC)cccc2OC)c2c(OC)cccc2OC)C(OC)=C1. The van der Waals surface area contributed by atoms with Gasteiger partial charge in [0.25, 0.3) is 0 Å². The van der Waals surface area contributed by atoms with E-state index in [2.05, 4.69) is 30.6 Å². The van der Waals surface area contributed by atoms with Gasteiger partial charge in [0.15, 0.2) is 0 Å². The summed E-state index contributed by atoms with van der Waals surface area (Å²) in [6.07, 6.45) is 25.0. The van der Waals surface area contributed by atoms with Crippen LogP contribution in [0.4, 0.5) is 0 Å². The summed E-state index contributed by atoms with van der Waals surface area (Å²) in [5.74, 6) is 3.93. The standard InChI is InChI=1S/C45H68NO6/c1-9-11-13-15-17-19-21-23-31-46(32-24-22-20-18-16-14-12-10-2)35-33-40(51-7)44(41(34-35)52-8)45(42-36(47-3)27-25-28-37(42)48-4)43-38(49-5)29-26-30-39(43)50-6/h25-30,33-34H,9-24,31-32H2,1-8H3/q+1. The first-order valence-corrected chi connectivity index (χ1v) is 19.8. The molecule has 0 radical (unpaired) electrons. The maximum atomic E-state index is 6.29. The molecule has 0 spiro atoms.